The first-order valence-corrected chi connectivity index (χ1v) is 7.25. The Morgan fingerprint density at radius 1 is 0.857 bits per heavy atom. The zero-order valence-electron chi connectivity index (χ0n) is 9.96. The fourth-order valence-corrected chi connectivity index (χ4v) is 2.71. The fraction of sp³-hybridized carbons (Fsp3) is 0. The van der Waals surface area contributed by atoms with Gasteiger partial charge in [0.05, 0.1) is 15.1 Å². The molecule has 2 aromatic carbocycles. The van der Waals surface area contributed by atoms with Crippen molar-refractivity contribution in [3.8, 4) is 11.5 Å². The smallest absolute Gasteiger partial charge is 0.339 e. The molecular formula is C13H5Cl5O3. The van der Waals surface area contributed by atoms with Crippen molar-refractivity contribution in [2.24, 2.45) is 0 Å². The largest absolute Gasteiger partial charge is 0.478 e. The molecule has 2 aromatic rings. The van der Waals surface area contributed by atoms with Crippen LogP contribution in [0.15, 0.2) is 24.3 Å². The van der Waals surface area contributed by atoms with Gasteiger partial charge in [0.25, 0.3) is 0 Å². The first-order chi connectivity index (χ1) is 9.84. The van der Waals surface area contributed by atoms with Crippen molar-refractivity contribution >= 4 is 64.0 Å². The number of aromatic carboxylic acids is 1. The van der Waals surface area contributed by atoms with Gasteiger partial charge in [0.2, 0.25) is 0 Å². The average Bonchev–Trinajstić information content (AvgIpc) is 2.48. The number of carboxylic acids is 1. The van der Waals surface area contributed by atoms with Crippen molar-refractivity contribution in [2.45, 2.75) is 0 Å². The van der Waals surface area contributed by atoms with Crippen LogP contribution in [0.1, 0.15) is 10.4 Å². The summed E-state index contributed by atoms with van der Waals surface area (Å²) in [5, 5.41) is 8.93. The molecule has 0 aromatic heterocycles. The Balaban J connectivity index is 2.58. The van der Waals surface area contributed by atoms with Gasteiger partial charge in [0.15, 0.2) is 5.75 Å². The molecule has 0 heterocycles. The van der Waals surface area contributed by atoms with Crippen molar-refractivity contribution in [3.05, 3.63) is 54.9 Å². The third-order valence-corrected chi connectivity index (χ3v) is 4.74. The summed E-state index contributed by atoms with van der Waals surface area (Å²) < 4.78 is 5.48. The Morgan fingerprint density at radius 3 is 1.86 bits per heavy atom. The van der Waals surface area contributed by atoms with Crippen LogP contribution < -0.4 is 4.74 Å². The van der Waals surface area contributed by atoms with E-state index < -0.39 is 5.97 Å². The van der Waals surface area contributed by atoms with E-state index in [-0.39, 0.29) is 42.2 Å². The van der Waals surface area contributed by atoms with E-state index in [1.165, 1.54) is 12.1 Å². The Kier molecular flexibility index (Phi) is 5.12. The highest BCUT2D eigenvalue weighted by atomic mass is 35.5. The predicted molar refractivity (Wildman–Crippen MR) is 85.0 cm³/mol. The molecule has 0 unspecified atom stereocenters. The van der Waals surface area contributed by atoms with Crippen molar-refractivity contribution in [2.75, 3.05) is 0 Å². The van der Waals surface area contributed by atoms with Gasteiger partial charge in [-0.1, -0.05) is 70.1 Å². The maximum absolute atomic E-state index is 11.2. The number of hydrogen-bond acceptors (Lipinski definition) is 2. The Labute approximate surface area is 144 Å². The highest BCUT2D eigenvalue weighted by Gasteiger charge is 2.22. The summed E-state index contributed by atoms with van der Waals surface area (Å²) in [6.45, 7) is 0. The molecule has 0 spiro atoms. The van der Waals surface area contributed by atoms with Crippen LogP contribution in [0.5, 0.6) is 11.5 Å². The normalized spacial score (nSPS) is 10.5. The van der Waals surface area contributed by atoms with Crippen LogP contribution in [0, 0.1) is 0 Å². The van der Waals surface area contributed by atoms with E-state index >= 15 is 0 Å². The van der Waals surface area contributed by atoms with Crippen molar-refractivity contribution in [3.63, 3.8) is 0 Å². The molecule has 0 saturated heterocycles. The third kappa shape index (κ3) is 3.17. The standard InChI is InChI=1S/C13H5Cl5O3/c14-7-8(15)10(17)12(11(18)9(7)16)21-6-4-2-1-3-5(6)13(19)20/h1-4H,(H,19,20). The summed E-state index contributed by atoms with van der Waals surface area (Å²) in [4.78, 5) is 11.2. The zero-order chi connectivity index (χ0) is 15.7. The molecule has 1 N–H and O–H groups in total. The molecule has 0 atom stereocenters. The lowest BCUT2D eigenvalue weighted by molar-refractivity contribution is 0.0694. The molecule has 110 valence electrons. The molecule has 0 fully saturated rings. The highest BCUT2D eigenvalue weighted by molar-refractivity contribution is 6.55. The summed E-state index contributed by atoms with van der Waals surface area (Å²) in [5.41, 5.74) is -0.0631. The van der Waals surface area contributed by atoms with Crippen LogP contribution in [0.2, 0.25) is 25.1 Å². The molecule has 0 saturated carbocycles. The topological polar surface area (TPSA) is 46.5 Å². The molecule has 0 bridgehead atoms. The first kappa shape index (κ1) is 16.5. The molecule has 21 heavy (non-hydrogen) atoms. The first-order valence-electron chi connectivity index (χ1n) is 5.36. The van der Waals surface area contributed by atoms with E-state index in [1.807, 2.05) is 0 Å². The van der Waals surface area contributed by atoms with E-state index in [2.05, 4.69) is 0 Å². The molecule has 0 aliphatic heterocycles. The Hall–Kier alpha value is -0.840. The lowest BCUT2D eigenvalue weighted by atomic mass is 10.2. The molecular weight excluding hydrogens is 381 g/mol. The van der Waals surface area contributed by atoms with Gasteiger partial charge in [-0.25, -0.2) is 4.79 Å². The van der Waals surface area contributed by atoms with E-state index in [4.69, 9.17) is 67.8 Å². The second-order valence-corrected chi connectivity index (χ2v) is 5.69. The lowest BCUT2D eigenvalue weighted by Gasteiger charge is -2.14. The maximum Gasteiger partial charge on any atom is 0.339 e. The number of para-hydroxylation sites is 1. The van der Waals surface area contributed by atoms with Gasteiger partial charge < -0.3 is 9.84 Å². The Bertz CT molecular complexity index is 701. The van der Waals surface area contributed by atoms with Gasteiger partial charge in [0, 0.05) is 0 Å². The lowest BCUT2D eigenvalue weighted by Crippen LogP contribution is -2.00. The molecule has 2 rings (SSSR count). The van der Waals surface area contributed by atoms with Gasteiger partial charge >= 0.3 is 5.97 Å². The molecule has 0 amide bonds. The SMILES string of the molecule is O=C(O)c1ccccc1Oc1c(Cl)c(Cl)c(Cl)c(Cl)c1Cl. The van der Waals surface area contributed by atoms with Gasteiger partial charge in [-0.2, -0.15) is 0 Å². The van der Waals surface area contributed by atoms with Gasteiger partial charge in [-0.15, -0.1) is 0 Å². The number of ether oxygens (including phenoxy) is 1. The predicted octanol–water partition coefficient (Wildman–Crippen LogP) is 6.44. The molecule has 3 nitrogen and oxygen atoms in total. The maximum atomic E-state index is 11.2. The van der Waals surface area contributed by atoms with Crippen LogP contribution in [0.4, 0.5) is 0 Å². The molecule has 0 aliphatic carbocycles. The zero-order valence-corrected chi connectivity index (χ0v) is 13.7. The van der Waals surface area contributed by atoms with Gasteiger partial charge in [-0.05, 0) is 12.1 Å². The number of hydrogen-bond donors (Lipinski definition) is 1. The Morgan fingerprint density at radius 2 is 1.33 bits per heavy atom. The summed E-state index contributed by atoms with van der Waals surface area (Å²) in [5.74, 6) is -1.18. The number of carboxylic acid groups (broad SMARTS) is 1. The number of benzene rings is 2. The van der Waals surface area contributed by atoms with Crippen LogP contribution in [-0.4, -0.2) is 11.1 Å². The van der Waals surface area contributed by atoms with E-state index in [9.17, 15) is 4.79 Å². The second kappa shape index (κ2) is 6.51. The molecule has 0 radical (unpaired) electrons. The summed E-state index contributed by atoms with van der Waals surface area (Å²) >= 11 is 29.8. The number of halogens is 5. The van der Waals surface area contributed by atoms with Crippen LogP contribution >= 0.6 is 58.0 Å². The summed E-state index contributed by atoms with van der Waals surface area (Å²) in [7, 11) is 0. The van der Waals surface area contributed by atoms with Crippen LogP contribution in [0.3, 0.4) is 0 Å². The monoisotopic (exact) mass is 384 g/mol. The minimum absolute atomic E-state index is 0.00722. The summed E-state index contributed by atoms with van der Waals surface area (Å²) in [6, 6.07) is 5.98. The average molecular weight is 386 g/mol. The van der Waals surface area contributed by atoms with Gasteiger partial charge in [-0.3, -0.25) is 0 Å². The minimum atomic E-state index is -1.16. The highest BCUT2D eigenvalue weighted by Crippen LogP contribution is 2.49. The number of rotatable bonds is 3. The number of carbonyl (C=O) groups is 1. The summed E-state index contributed by atoms with van der Waals surface area (Å²) in [6.07, 6.45) is 0. The minimum Gasteiger partial charge on any atom is -0.478 e. The van der Waals surface area contributed by atoms with E-state index in [0.717, 1.165) is 0 Å². The van der Waals surface area contributed by atoms with Crippen molar-refractivity contribution in [1.82, 2.24) is 0 Å². The van der Waals surface area contributed by atoms with Crippen LogP contribution in [0.25, 0.3) is 0 Å². The van der Waals surface area contributed by atoms with Crippen molar-refractivity contribution in [1.29, 1.82) is 0 Å². The van der Waals surface area contributed by atoms with E-state index in [1.54, 1.807) is 12.1 Å². The van der Waals surface area contributed by atoms with Gasteiger partial charge in [0.1, 0.15) is 21.4 Å². The molecule has 0 aliphatic rings. The quantitative estimate of drug-likeness (QED) is 0.487. The van der Waals surface area contributed by atoms with Crippen molar-refractivity contribution < 1.29 is 14.6 Å². The third-order valence-electron chi connectivity index (χ3n) is 2.50. The fourth-order valence-electron chi connectivity index (χ4n) is 1.52. The second-order valence-electron chi connectivity index (χ2n) is 3.80. The van der Waals surface area contributed by atoms with Crippen LogP contribution in [-0.2, 0) is 0 Å². The molecule has 8 heteroatoms. The van der Waals surface area contributed by atoms with E-state index in [0.29, 0.717) is 0 Å².